The zero-order valence-corrected chi connectivity index (χ0v) is 8.97. The summed E-state index contributed by atoms with van der Waals surface area (Å²) < 4.78 is 5.07. The molecule has 0 aromatic carbocycles. The van der Waals surface area contributed by atoms with Crippen molar-refractivity contribution < 1.29 is 4.52 Å². The van der Waals surface area contributed by atoms with Gasteiger partial charge in [0.05, 0.1) is 11.6 Å². The monoisotopic (exact) mass is 218 g/mol. The van der Waals surface area contributed by atoms with Crippen LogP contribution in [0.5, 0.6) is 0 Å². The van der Waals surface area contributed by atoms with Crippen molar-refractivity contribution >= 4 is 16.9 Å². The molecule has 0 spiro atoms. The first-order valence-corrected chi connectivity index (χ1v) is 5.56. The molecule has 3 heterocycles. The lowest BCUT2D eigenvalue weighted by molar-refractivity contribution is 0.448. The van der Waals surface area contributed by atoms with Crippen molar-refractivity contribution in [1.82, 2.24) is 10.1 Å². The van der Waals surface area contributed by atoms with Crippen molar-refractivity contribution in [2.24, 2.45) is 5.73 Å². The van der Waals surface area contributed by atoms with E-state index in [1.807, 2.05) is 12.1 Å². The van der Waals surface area contributed by atoms with Gasteiger partial charge in [0.2, 0.25) is 0 Å². The maximum atomic E-state index is 5.75. The van der Waals surface area contributed by atoms with Gasteiger partial charge in [0.1, 0.15) is 5.82 Å². The first kappa shape index (κ1) is 9.59. The molecular formula is C11H14N4O. The van der Waals surface area contributed by atoms with Gasteiger partial charge in [-0.3, -0.25) is 0 Å². The Balaban J connectivity index is 1.98. The predicted octanol–water partition coefficient (Wildman–Crippen LogP) is 1.15. The van der Waals surface area contributed by atoms with E-state index in [0.717, 1.165) is 24.2 Å². The molecule has 5 nitrogen and oxygen atoms in total. The molecule has 5 heteroatoms. The van der Waals surface area contributed by atoms with Crippen LogP contribution in [0.3, 0.4) is 0 Å². The maximum Gasteiger partial charge on any atom is 0.259 e. The summed E-state index contributed by atoms with van der Waals surface area (Å²) in [4.78, 5) is 6.71. The van der Waals surface area contributed by atoms with Gasteiger partial charge in [0.15, 0.2) is 0 Å². The number of anilines is 1. The predicted molar refractivity (Wildman–Crippen MR) is 61.2 cm³/mol. The van der Waals surface area contributed by atoms with E-state index in [-0.39, 0.29) is 0 Å². The topological polar surface area (TPSA) is 68.2 Å². The minimum absolute atomic E-state index is 0.410. The molecule has 0 aliphatic carbocycles. The molecule has 2 aromatic rings. The summed E-state index contributed by atoms with van der Waals surface area (Å²) in [6, 6.07) is 4.40. The number of aromatic nitrogens is 2. The molecule has 2 aromatic heterocycles. The highest BCUT2D eigenvalue weighted by Gasteiger charge is 2.24. The number of rotatable bonds is 2. The average molecular weight is 218 g/mol. The fraction of sp³-hybridized carbons (Fsp3) is 0.455. The SMILES string of the molecule is NCC1CCCN1c1ccc2cnoc2n1. The second kappa shape index (κ2) is 3.75. The lowest BCUT2D eigenvalue weighted by Gasteiger charge is -2.24. The van der Waals surface area contributed by atoms with Gasteiger partial charge in [-0.05, 0) is 25.0 Å². The van der Waals surface area contributed by atoms with E-state index >= 15 is 0 Å². The first-order chi connectivity index (χ1) is 7.88. The Morgan fingerprint density at radius 2 is 2.44 bits per heavy atom. The molecule has 16 heavy (non-hydrogen) atoms. The quantitative estimate of drug-likeness (QED) is 0.819. The van der Waals surface area contributed by atoms with Crippen molar-refractivity contribution in [3.63, 3.8) is 0 Å². The number of nitrogens with zero attached hydrogens (tertiary/aromatic N) is 3. The van der Waals surface area contributed by atoms with E-state index in [2.05, 4.69) is 15.0 Å². The summed E-state index contributed by atoms with van der Waals surface area (Å²) >= 11 is 0. The Morgan fingerprint density at radius 1 is 1.50 bits per heavy atom. The lowest BCUT2D eigenvalue weighted by atomic mass is 10.2. The molecule has 0 amide bonds. The highest BCUT2D eigenvalue weighted by atomic mass is 16.5. The highest BCUT2D eigenvalue weighted by molar-refractivity contribution is 5.74. The van der Waals surface area contributed by atoms with Gasteiger partial charge in [-0.25, -0.2) is 0 Å². The molecule has 1 aliphatic rings. The Kier molecular flexibility index (Phi) is 2.25. The molecule has 0 saturated carbocycles. The normalized spacial score (nSPS) is 20.8. The smallest absolute Gasteiger partial charge is 0.259 e. The van der Waals surface area contributed by atoms with Crippen LogP contribution in [0.4, 0.5) is 5.82 Å². The molecule has 0 bridgehead atoms. The van der Waals surface area contributed by atoms with Crippen LogP contribution < -0.4 is 10.6 Å². The number of pyridine rings is 1. The van der Waals surface area contributed by atoms with Crippen LogP contribution in [0.25, 0.3) is 11.1 Å². The van der Waals surface area contributed by atoms with E-state index in [9.17, 15) is 0 Å². The molecule has 1 fully saturated rings. The molecule has 84 valence electrons. The number of hydrogen-bond donors (Lipinski definition) is 1. The minimum atomic E-state index is 0.410. The van der Waals surface area contributed by atoms with Gasteiger partial charge >= 0.3 is 0 Å². The largest absolute Gasteiger partial charge is 0.352 e. The fourth-order valence-electron chi connectivity index (χ4n) is 2.29. The summed E-state index contributed by atoms with van der Waals surface area (Å²) in [5.74, 6) is 0.942. The van der Waals surface area contributed by atoms with Crippen LogP contribution in [0, 0.1) is 0 Å². The van der Waals surface area contributed by atoms with Crippen molar-refractivity contribution in [2.45, 2.75) is 18.9 Å². The minimum Gasteiger partial charge on any atom is -0.352 e. The second-order valence-corrected chi connectivity index (χ2v) is 4.11. The summed E-state index contributed by atoms with van der Waals surface area (Å²) in [6.07, 6.45) is 4.00. The molecule has 1 aliphatic heterocycles. The van der Waals surface area contributed by atoms with Crippen LogP contribution >= 0.6 is 0 Å². The molecule has 3 rings (SSSR count). The zero-order valence-electron chi connectivity index (χ0n) is 8.97. The fourth-order valence-corrected chi connectivity index (χ4v) is 2.29. The maximum absolute atomic E-state index is 5.75. The lowest BCUT2D eigenvalue weighted by Crippen LogP contribution is -2.35. The van der Waals surface area contributed by atoms with Crippen molar-refractivity contribution in [1.29, 1.82) is 0 Å². The third-order valence-electron chi connectivity index (χ3n) is 3.15. The highest BCUT2D eigenvalue weighted by Crippen LogP contribution is 2.25. The Bertz CT molecular complexity index is 495. The number of nitrogens with two attached hydrogens (primary N) is 1. The number of fused-ring (bicyclic) bond motifs is 1. The summed E-state index contributed by atoms with van der Waals surface area (Å²) in [5.41, 5.74) is 6.35. The van der Waals surface area contributed by atoms with Crippen molar-refractivity contribution in [3.8, 4) is 0 Å². The zero-order chi connectivity index (χ0) is 11.0. The van der Waals surface area contributed by atoms with Crippen LogP contribution in [0.15, 0.2) is 22.9 Å². The van der Waals surface area contributed by atoms with E-state index in [1.54, 1.807) is 6.20 Å². The van der Waals surface area contributed by atoms with Gasteiger partial charge in [-0.1, -0.05) is 5.16 Å². The summed E-state index contributed by atoms with van der Waals surface area (Å²) in [6.45, 7) is 1.70. The summed E-state index contributed by atoms with van der Waals surface area (Å²) in [7, 11) is 0. The Morgan fingerprint density at radius 3 is 3.31 bits per heavy atom. The van der Waals surface area contributed by atoms with Crippen LogP contribution in [0.1, 0.15) is 12.8 Å². The molecular weight excluding hydrogens is 204 g/mol. The van der Waals surface area contributed by atoms with Gasteiger partial charge in [0, 0.05) is 19.1 Å². The van der Waals surface area contributed by atoms with E-state index in [4.69, 9.17) is 10.3 Å². The van der Waals surface area contributed by atoms with Crippen LogP contribution in [-0.4, -0.2) is 29.3 Å². The molecule has 1 atom stereocenters. The summed E-state index contributed by atoms with van der Waals surface area (Å²) in [5, 5.41) is 4.66. The van der Waals surface area contributed by atoms with Gasteiger partial charge in [-0.15, -0.1) is 0 Å². The number of hydrogen-bond acceptors (Lipinski definition) is 5. The van der Waals surface area contributed by atoms with Crippen molar-refractivity contribution in [3.05, 3.63) is 18.3 Å². The third-order valence-corrected chi connectivity index (χ3v) is 3.15. The van der Waals surface area contributed by atoms with E-state index < -0.39 is 0 Å². The van der Waals surface area contributed by atoms with Gasteiger partial charge in [0.25, 0.3) is 5.71 Å². The van der Waals surface area contributed by atoms with Crippen LogP contribution in [0.2, 0.25) is 0 Å². The van der Waals surface area contributed by atoms with E-state index in [0.29, 0.717) is 18.3 Å². The Labute approximate surface area is 93.2 Å². The second-order valence-electron chi connectivity index (χ2n) is 4.11. The Hall–Kier alpha value is -1.62. The van der Waals surface area contributed by atoms with Crippen molar-refractivity contribution in [2.75, 3.05) is 18.0 Å². The van der Waals surface area contributed by atoms with Gasteiger partial charge < -0.3 is 15.2 Å². The molecule has 2 N–H and O–H groups in total. The average Bonchev–Trinajstić information content (AvgIpc) is 2.96. The van der Waals surface area contributed by atoms with E-state index in [1.165, 1.54) is 6.42 Å². The molecule has 1 unspecified atom stereocenters. The third kappa shape index (κ3) is 1.44. The van der Waals surface area contributed by atoms with Crippen LogP contribution in [-0.2, 0) is 0 Å². The molecule has 0 radical (unpaired) electrons. The van der Waals surface area contributed by atoms with Gasteiger partial charge in [-0.2, -0.15) is 4.98 Å². The molecule has 1 saturated heterocycles. The standard InChI is InChI=1S/C11H14N4O/c12-6-9-2-1-5-15(9)10-4-3-8-7-13-16-11(8)14-10/h3-4,7,9H,1-2,5-6,12H2. The first-order valence-electron chi connectivity index (χ1n) is 5.56.